The van der Waals surface area contributed by atoms with Crippen molar-refractivity contribution >= 4 is 0 Å². The van der Waals surface area contributed by atoms with E-state index in [9.17, 15) is 4.39 Å². The molecule has 1 aromatic carbocycles. The van der Waals surface area contributed by atoms with Crippen molar-refractivity contribution in [2.45, 2.75) is 25.3 Å². The average Bonchev–Trinajstić information content (AvgIpc) is 2.90. The molecule has 18 heavy (non-hydrogen) atoms. The highest BCUT2D eigenvalue weighted by Gasteiger charge is 2.22. The Labute approximate surface area is 107 Å². The lowest BCUT2D eigenvalue weighted by molar-refractivity contribution is 0.162. The smallest absolute Gasteiger partial charge is 0.123 e. The van der Waals surface area contributed by atoms with Crippen LogP contribution in [0.2, 0.25) is 0 Å². The van der Waals surface area contributed by atoms with E-state index in [0.29, 0.717) is 18.8 Å². The maximum atomic E-state index is 12.7. The molecular formula is C14H17FN2O. The van der Waals surface area contributed by atoms with Crippen molar-refractivity contribution in [2.75, 3.05) is 19.7 Å². The van der Waals surface area contributed by atoms with E-state index in [-0.39, 0.29) is 11.9 Å². The summed E-state index contributed by atoms with van der Waals surface area (Å²) in [5, 5.41) is 8.85. The van der Waals surface area contributed by atoms with Crippen LogP contribution in [-0.2, 0) is 0 Å². The molecule has 0 bridgehead atoms. The molecule has 1 saturated heterocycles. The molecule has 0 saturated carbocycles. The second-order valence-electron chi connectivity index (χ2n) is 4.52. The lowest BCUT2D eigenvalue weighted by atomic mass is 10.2. The highest BCUT2D eigenvalue weighted by Crippen LogP contribution is 2.17. The first-order valence-corrected chi connectivity index (χ1v) is 6.29. The molecule has 0 N–H and O–H groups in total. The van der Waals surface area contributed by atoms with Crippen LogP contribution >= 0.6 is 0 Å². The topological polar surface area (TPSA) is 36.3 Å². The maximum Gasteiger partial charge on any atom is 0.123 e. The Hall–Kier alpha value is -1.60. The zero-order valence-corrected chi connectivity index (χ0v) is 10.3. The molecule has 2 rings (SSSR count). The number of nitrogens with zero attached hydrogens (tertiary/aromatic N) is 2. The lowest BCUT2D eigenvalue weighted by Gasteiger charge is -2.25. The van der Waals surface area contributed by atoms with Gasteiger partial charge in [0.15, 0.2) is 0 Å². The van der Waals surface area contributed by atoms with Crippen molar-refractivity contribution in [3.05, 3.63) is 30.1 Å². The van der Waals surface area contributed by atoms with E-state index >= 15 is 0 Å². The molecule has 0 radical (unpaired) electrons. The van der Waals surface area contributed by atoms with Gasteiger partial charge in [0.2, 0.25) is 0 Å². The van der Waals surface area contributed by atoms with Gasteiger partial charge in [0.05, 0.1) is 18.5 Å². The molecule has 0 aromatic heterocycles. The van der Waals surface area contributed by atoms with Crippen LogP contribution in [0.3, 0.4) is 0 Å². The van der Waals surface area contributed by atoms with Gasteiger partial charge < -0.3 is 4.74 Å². The van der Waals surface area contributed by atoms with Crippen molar-refractivity contribution in [2.24, 2.45) is 0 Å². The van der Waals surface area contributed by atoms with Gasteiger partial charge in [-0.2, -0.15) is 5.26 Å². The van der Waals surface area contributed by atoms with Crippen molar-refractivity contribution in [3.8, 4) is 11.8 Å². The molecule has 1 aliphatic rings. The normalized spacial score (nSPS) is 17.3. The number of hydrogen-bond donors (Lipinski definition) is 0. The molecule has 0 spiro atoms. The third-order valence-corrected chi connectivity index (χ3v) is 3.24. The summed E-state index contributed by atoms with van der Waals surface area (Å²) in [6, 6.07) is 8.34. The first kappa shape index (κ1) is 12.8. The summed E-state index contributed by atoms with van der Waals surface area (Å²) < 4.78 is 18.4. The Morgan fingerprint density at radius 2 is 1.94 bits per heavy atom. The minimum Gasteiger partial charge on any atom is -0.492 e. The van der Waals surface area contributed by atoms with Crippen LogP contribution in [0.1, 0.15) is 19.3 Å². The first-order valence-electron chi connectivity index (χ1n) is 6.29. The highest BCUT2D eigenvalue weighted by atomic mass is 19.1. The van der Waals surface area contributed by atoms with E-state index in [2.05, 4.69) is 11.0 Å². The second-order valence-corrected chi connectivity index (χ2v) is 4.52. The fourth-order valence-electron chi connectivity index (χ4n) is 2.23. The summed E-state index contributed by atoms with van der Waals surface area (Å²) in [6.07, 6.45) is 2.86. The highest BCUT2D eigenvalue weighted by molar-refractivity contribution is 5.22. The van der Waals surface area contributed by atoms with Gasteiger partial charge in [-0.3, -0.25) is 4.90 Å². The van der Waals surface area contributed by atoms with Gasteiger partial charge in [-0.15, -0.1) is 0 Å². The van der Waals surface area contributed by atoms with Crippen LogP contribution in [0.4, 0.5) is 4.39 Å². The number of rotatable bonds is 5. The SMILES string of the molecule is N#CCC(COc1ccc(F)cc1)N1CCCC1. The van der Waals surface area contributed by atoms with Crippen molar-refractivity contribution < 1.29 is 9.13 Å². The van der Waals surface area contributed by atoms with Crippen molar-refractivity contribution in [1.82, 2.24) is 4.90 Å². The molecule has 4 heteroatoms. The molecule has 0 aliphatic carbocycles. The van der Waals surface area contributed by atoms with E-state index in [1.807, 2.05) is 0 Å². The largest absolute Gasteiger partial charge is 0.492 e. The molecule has 1 atom stereocenters. The van der Waals surface area contributed by atoms with Crippen LogP contribution in [-0.4, -0.2) is 30.6 Å². The Balaban J connectivity index is 1.89. The summed E-state index contributed by atoms with van der Waals surface area (Å²) in [5.41, 5.74) is 0. The van der Waals surface area contributed by atoms with Crippen LogP contribution in [0, 0.1) is 17.1 Å². The monoisotopic (exact) mass is 248 g/mol. The minimum atomic E-state index is -0.268. The molecule has 1 aliphatic heterocycles. The van der Waals surface area contributed by atoms with E-state index in [1.54, 1.807) is 12.1 Å². The third-order valence-electron chi connectivity index (χ3n) is 3.24. The van der Waals surface area contributed by atoms with E-state index in [4.69, 9.17) is 10.00 Å². The number of halogens is 1. The fraction of sp³-hybridized carbons (Fsp3) is 0.500. The Kier molecular flexibility index (Phi) is 4.54. The minimum absolute atomic E-state index is 0.141. The maximum absolute atomic E-state index is 12.7. The van der Waals surface area contributed by atoms with Crippen LogP contribution in [0.25, 0.3) is 0 Å². The van der Waals surface area contributed by atoms with Crippen molar-refractivity contribution in [1.29, 1.82) is 5.26 Å². The van der Waals surface area contributed by atoms with E-state index in [0.717, 1.165) is 13.1 Å². The van der Waals surface area contributed by atoms with Gasteiger partial charge >= 0.3 is 0 Å². The zero-order valence-electron chi connectivity index (χ0n) is 10.3. The van der Waals surface area contributed by atoms with E-state index in [1.165, 1.54) is 25.0 Å². The quantitative estimate of drug-likeness (QED) is 0.803. The molecule has 1 fully saturated rings. The summed E-state index contributed by atoms with van der Waals surface area (Å²) in [5.74, 6) is 0.383. The molecule has 96 valence electrons. The molecular weight excluding hydrogens is 231 g/mol. The molecule has 1 aromatic rings. The molecule has 1 heterocycles. The summed E-state index contributed by atoms with van der Waals surface area (Å²) in [7, 11) is 0. The number of likely N-dealkylation sites (tertiary alicyclic amines) is 1. The lowest BCUT2D eigenvalue weighted by Crippen LogP contribution is -2.37. The number of nitriles is 1. The number of benzene rings is 1. The van der Waals surface area contributed by atoms with Gasteiger partial charge in [0.1, 0.15) is 18.2 Å². The Bertz CT molecular complexity index is 407. The number of ether oxygens (including phenoxy) is 1. The number of hydrogen-bond acceptors (Lipinski definition) is 3. The first-order chi connectivity index (χ1) is 8.79. The van der Waals surface area contributed by atoms with E-state index < -0.39 is 0 Å². The third kappa shape index (κ3) is 3.44. The molecule has 3 nitrogen and oxygen atoms in total. The summed E-state index contributed by atoms with van der Waals surface area (Å²) >= 11 is 0. The predicted molar refractivity (Wildman–Crippen MR) is 66.7 cm³/mol. The van der Waals surface area contributed by atoms with Gasteiger partial charge in [0, 0.05) is 0 Å². The summed E-state index contributed by atoms with van der Waals surface area (Å²) in [6.45, 7) is 2.57. The standard InChI is InChI=1S/C14H17FN2O/c15-12-3-5-14(6-4-12)18-11-13(7-8-16)17-9-1-2-10-17/h3-6,13H,1-2,7,9-11H2. The summed E-state index contributed by atoms with van der Waals surface area (Å²) in [4.78, 5) is 2.30. The predicted octanol–water partition coefficient (Wildman–Crippen LogP) is 2.58. The van der Waals surface area contributed by atoms with Gasteiger partial charge in [0.25, 0.3) is 0 Å². The second kappa shape index (κ2) is 6.36. The van der Waals surface area contributed by atoms with Crippen LogP contribution in [0.5, 0.6) is 5.75 Å². The zero-order chi connectivity index (χ0) is 12.8. The van der Waals surface area contributed by atoms with Crippen molar-refractivity contribution in [3.63, 3.8) is 0 Å². The van der Waals surface area contributed by atoms with Gasteiger partial charge in [-0.25, -0.2) is 4.39 Å². The molecule has 1 unspecified atom stereocenters. The van der Waals surface area contributed by atoms with Gasteiger partial charge in [-0.1, -0.05) is 0 Å². The fourth-order valence-corrected chi connectivity index (χ4v) is 2.23. The van der Waals surface area contributed by atoms with Crippen LogP contribution in [0.15, 0.2) is 24.3 Å². The molecule has 0 amide bonds. The Morgan fingerprint density at radius 1 is 1.28 bits per heavy atom. The van der Waals surface area contributed by atoms with Gasteiger partial charge in [-0.05, 0) is 50.2 Å². The Morgan fingerprint density at radius 3 is 2.56 bits per heavy atom. The average molecular weight is 248 g/mol. The van der Waals surface area contributed by atoms with Crippen LogP contribution < -0.4 is 4.74 Å².